The summed E-state index contributed by atoms with van der Waals surface area (Å²) in [5, 5.41) is 2.66. The molecule has 2 unspecified atom stereocenters. The third-order valence-electron chi connectivity index (χ3n) is 3.14. The van der Waals surface area contributed by atoms with Crippen LogP contribution in [0.2, 0.25) is 0 Å². The van der Waals surface area contributed by atoms with Gasteiger partial charge >= 0.3 is 0 Å². The van der Waals surface area contributed by atoms with Gasteiger partial charge in [-0.05, 0) is 32.9 Å². The molecule has 1 aromatic rings. The van der Waals surface area contributed by atoms with Gasteiger partial charge in [0.2, 0.25) is 11.8 Å². The number of pyridine rings is 1. The van der Waals surface area contributed by atoms with Gasteiger partial charge in [0, 0.05) is 5.69 Å². The molecule has 2 rings (SSSR count). The van der Waals surface area contributed by atoms with Gasteiger partial charge in [-0.15, -0.1) is 0 Å². The smallest absolute Gasteiger partial charge is 0.245 e. The van der Waals surface area contributed by atoms with Crippen LogP contribution in [0.1, 0.15) is 25.2 Å². The molecule has 2 amide bonds. The SMILES string of the molecule is Cc1cccc(CN2C(=O)C(C)NC(=O)C2C)n1. The van der Waals surface area contributed by atoms with Crippen LogP contribution in [0.3, 0.4) is 0 Å². The van der Waals surface area contributed by atoms with Crippen molar-refractivity contribution in [1.29, 1.82) is 0 Å². The van der Waals surface area contributed by atoms with Gasteiger partial charge in [-0.3, -0.25) is 14.6 Å². The van der Waals surface area contributed by atoms with Crippen LogP contribution in [0.4, 0.5) is 0 Å². The Morgan fingerprint density at radius 3 is 2.72 bits per heavy atom. The van der Waals surface area contributed by atoms with Gasteiger partial charge in [0.25, 0.3) is 0 Å². The molecular formula is C13H17N3O2. The summed E-state index contributed by atoms with van der Waals surface area (Å²) in [5.41, 5.74) is 1.71. The van der Waals surface area contributed by atoms with E-state index in [4.69, 9.17) is 0 Å². The van der Waals surface area contributed by atoms with E-state index in [9.17, 15) is 9.59 Å². The number of nitrogens with zero attached hydrogens (tertiary/aromatic N) is 2. The predicted octanol–water partition coefficient (Wildman–Crippen LogP) is 0.625. The normalized spacial score (nSPS) is 24.1. The summed E-state index contributed by atoms with van der Waals surface area (Å²) in [6, 6.07) is 4.76. The Kier molecular flexibility index (Phi) is 3.32. The van der Waals surface area contributed by atoms with E-state index in [1.165, 1.54) is 0 Å². The van der Waals surface area contributed by atoms with Gasteiger partial charge in [0.1, 0.15) is 12.1 Å². The van der Waals surface area contributed by atoms with Crippen molar-refractivity contribution in [2.24, 2.45) is 0 Å². The highest BCUT2D eigenvalue weighted by Gasteiger charge is 2.35. The maximum atomic E-state index is 12.1. The lowest BCUT2D eigenvalue weighted by Crippen LogP contribution is -2.61. The standard InChI is InChI=1S/C13H17N3O2/c1-8-5-4-6-11(14-8)7-16-10(3)12(17)15-9(2)13(16)18/h4-6,9-10H,7H2,1-3H3,(H,15,17). The number of carbonyl (C=O) groups excluding carboxylic acids is 2. The number of amides is 2. The Labute approximate surface area is 106 Å². The minimum Gasteiger partial charge on any atom is -0.343 e. The lowest BCUT2D eigenvalue weighted by Gasteiger charge is -2.35. The average molecular weight is 247 g/mol. The number of aryl methyl sites for hydroxylation is 1. The fraction of sp³-hybridized carbons (Fsp3) is 0.462. The van der Waals surface area contributed by atoms with E-state index >= 15 is 0 Å². The second-order valence-corrected chi connectivity index (χ2v) is 4.64. The third kappa shape index (κ3) is 2.34. The highest BCUT2D eigenvalue weighted by atomic mass is 16.2. The Morgan fingerprint density at radius 1 is 1.33 bits per heavy atom. The largest absolute Gasteiger partial charge is 0.343 e. The molecular weight excluding hydrogens is 230 g/mol. The van der Waals surface area contributed by atoms with Gasteiger partial charge in [-0.25, -0.2) is 0 Å². The molecule has 18 heavy (non-hydrogen) atoms. The zero-order chi connectivity index (χ0) is 13.3. The maximum Gasteiger partial charge on any atom is 0.245 e. The summed E-state index contributed by atoms with van der Waals surface area (Å²) < 4.78 is 0. The molecule has 0 spiro atoms. The minimum absolute atomic E-state index is 0.0644. The van der Waals surface area contributed by atoms with Crippen LogP contribution in [-0.2, 0) is 16.1 Å². The number of rotatable bonds is 2. The molecule has 5 nitrogen and oxygen atoms in total. The molecule has 0 aliphatic carbocycles. The summed E-state index contributed by atoms with van der Waals surface area (Å²) in [4.78, 5) is 29.7. The summed E-state index contributed by atoms with van der Waals surface area (Å²) in [6.45, 7) is 5.71. The van der Waals surface area contributed by atoms with Crippen molar-refractivity contribution in [3.05, 3.63) is 29.6 Å². The van der Waals surface area contributed by atoms with Crippen LogP contribution in [0.5, 0.6) is 0 Å². The van der Waals surface area contributed by atoms with Crippen LogP contribution < -0.4 is 5.32 Å². The topological polar surface area (TPSA) is 62.3 Å². The Morgan fingerprint density at radius 2 is 2.06 bits per heavy atom. The highest BCUT2D eigenvalue weighted by Crippen LogP contribution is 2.13. The van der Waals surface area contributed by atoms with E-state index in [0.717, 1.165) is 11.4 Å². The molecule has 2 heterocycles. The molecule has 0 radical (unpaired) electrons. The van der Waals surface area contributed by atoms with E-state index < -0.39 is 12.1 Å². The first kappa shape index (κ1) is 12.5. The molecule has 2 atom stereocenters. The molecule has 1 aliphatic heterocycles. The average Bonchev–Trinajstić information content (AvgIpc) is 2.32. The van der Waals surface area contributed by atoms with Crippen molar-refractivity contribution in [1.82, 2.24) is 15.2 Å². The number of carbonyl (C=O) groups is 2. The fourth-order valence-corrected chi connectivity index (χ4v) is 2.05. The number of piperazine rings is 1. The molecule has 96 valence electrons. The molecule has 5 heteroatoms. The van der Waals surface area contributed by atoms with Gasteiger partial charge < -0.3 is 10.2 Å². The third-order valence-corrected chi connectivity index (χ3v) is 3.14. The fourth-order valence-electron chi connectivity index (χ4n) is 2.05. The number of hydrogen-bond donors (Lipinski definition) is 1. The van der Waals surface area contributed by atoms with E-state index in [2.05, 4.69) is 10.3 Å². The van der Waals surface area contributed by atoms with E-state index in [-0.39, 0.29) is 11.8 Å². The zero-order valence-corrected chi connectivity index (χ0v) is 10.8. The van der Waals surface area contributed by atoms with Crippen LogP contribution >= 0.6 is 0 Å². The molecule has 1 fully saturated rings. The lowest BCUT2D eigenvalue weighted by atomic mass is 10.1. The predicted molar refractivity (Wildman–Crippen MR) is 66.6 cm³/mol. The summed E-state index contributed by atoms with van der Waals surface area (Å²) >= 11 is 0. The molecule has 0 aromatic carbocycles. The first-order valence-corrected chi connectivity index (χ1v) is 6.02. The molecule has 1 aliphatic rings. The van der Waals surface area contributed by atoms with Crippen LogP contribution in [-0.4, -0.2) is 33.8 Å². The van der Waals surface area contributed by atoms with Crippen molar-refractivity contribution >= 4 is 11.8 Å². The number of aromatic nitrogens is 1. The second kappa shape index (κ2) is 4.76. The summed E-state index contributed by atoms with van der Waals surface area (Å²) in [7, 11) is 0. The molecule has 1 N–H and O–H groups in total. The van der Waals surface area contributed by atoms with Crippen molar-refractivity contribution in [2.75, 3.05) is 0 Å². The Bertz CT molecular complexity index is 487. The maximum absolute atomic E-state index is 12.1. The minimum atomic E-state index is -0.460. The molecule has 1 aromatic heterocycles. The summed E-state index contributed by atoms with van der Waals surface area (Å²) in [5.74, 6) is -0.180. The molecule has 1 saturated heterocycles. The van der Waals surface area contributed by atoms with E-state index in [0.29, 0.717) is 6.54 Å². The first-order valence-electron chi connectivity index (χ1n) is 6.02. The van der Waals surface area contributed by atoms with Crippen molar-refractivity contribution in [3.63, 3.8) is 0 Å². The van der Waals surface area contributed by atoms with E-state index in [1.807, 2.05) is 25.1 Å². The van der Waals surface area contributed by atoms with Gasteiger partial charge in [0.15, 0.2) is 0 Å². The highest BCUT2D eigenvalue weighted by molar-refractivity contribution is 5.96. The van der Waals surface area contributed by atoms with Gasteiger partial charge in [-0.2, -0.15) is 0 Å². The van der Waals surface area contributed by atoms with Crippen LogP contribution in [0.15, 0.2) is 18.2 Å². The summed E-state index contributed by atoms with van der Waals surface area (Å²) in [6.07, 6.45) is 0. The second-order valence-electron chi connectivity index (χ2n) is 4.64. The van der Waals surface area contributed by atoms with Crippen LogP contribution in [0, 0.1) is 6.92 Å². The number of hydrogen-bond acceptors (Lipinski definition) is 3. The van der Waals surface area contributed by atoms with Crippen molar-refractivity contribution in [3.8, 4) is 0 Å². The quantitative estimate of drug-likeness (QED) is 0.833. The lowest BCUT2D eigenvalue weighted by molar-refractivity contribution is -0.148. The van der Waals surface area contributed by atoms with Crippen molar-refractivity contribution in [2.45, 2.75) is 39.4 Å². The van der Waals surface area contributed by atoms with E-state index in [1.54, 1.807) is 18.7 Å². The number of nitrogens with one attached hydrogen (secondary N) is 1. The van der Waals surface area contributed by atoms with Gasteiger partial charge in [0.05, 0.1) is 12.2 Å². The van der Waals surface area contributed by atoms with Crippen LogP contribution in [0.25, 0.3) is 0 Å². The molecule has 0 saturated carbocycles. The first-order chi connectivity index (χ1) is 8.49. The van der Waals surface area contributed by atoms with Crippen molar-refractivity contribution < 1.29 is 9.59 Å². The molecule has 0 bridgehead atoms. The Balaban J connectivity index is 2.20. The Hall–Kier alpha value is -1.91. The monoisotopic (exact) mass is 247 g/mol. The zero-order valence-electron chi connectivity index (χ0n) is 10.8. The van der Waals surface area contributed by atoms with Gasteiger partial charge in [-0.1, -0.05) is 6.07 Å².